The third kappa shape index (κ3) is 3.68. The van der Waals surface area contributed by atoms with Crippen molar-refractivity contribution < 1.29 is 4.79 Å². The molecule has 1 N–H and O–H groups in total. The third-order valence-corrected chi connectivity index (χ3v) is 4.03. The summed E-state index contributed by atoms with van der Waals surface area (Å²) < 4.78 is 0. The highest BCUT2D eigenvalue weighted by molar-refractivity contribution is 7.09. The van der Waals surface area contributed by atoms with E-state index in [4.69, 9.17) is 0 Å². The number of carbonyl (C=O) groups is 1. The number of aryl methyl sites for hydroxylation is 1. The lowest BCUT2D eigenvalue weighted by molar-refractivity contribution is 0.199. The molecular weight excluding hydrogens is 248 g/mol. The third-order valence-electron chi connectivity index (χ3n) is 3.06. The van der Waals surface area contributed by atoms with E-state index in [1.807, 2.05) is 17.2 Å². The molecule has 100 valence electrons. The van der Waals surface area contributed by atoms with Crippen molar-refractivity contribution >= 4 is 17.4 Å². The van der Waals surface area contributed by atoms with Gasteiger partial charge in [0.25, 0.3) is 0 Å². The largest absolute Gasteiger partial charge is 0.331 e. The summed E-state index contributed by atoms with van der Waals surface area (Å²) >= 11 is 1.59. The van der Waals surface area contributed by atoms with E-state index in [-0.39, 0.29) is 6.03 Å². The minimum Gasteiger partial charge on any atom is -0.331 e. The minimum atomic E-state index is 0.0261. The molecule has 2 rings (SSSR count). The van der Waals surface area contributed by atoms with Crippen LogP contribution in [0.3, 0.4) is 0 Å². The number of rotatable bonds is 2. The Balaban J connectivity index is 1.80. The zero-order valence-corrected chi connectivity index (χ0v) is 11.8. The molecule has 1 aromatic heterocycles. The van der Waals surface area contributed by atoms with E-state index in [0.29, 0.717) is 6.54 Å². The van der Waals surface area contributed by atoms with Crippen LogP contribution in [0.2, 0.25) is 0 Å². The Bertz CT molecular complexity index is 407. The molecule has 1 aliphatic heterocycles. The normalized spacial score (nSPS) is 17.6. The predicted octanol–water partition coefficient (Wildman–Crippen LogP) is 1.30. The fourth-order valence-corrected chi connectivity index (χ4v) is 2.71. The Morgan fingerprint density at radius 3 is 3.00 bits per heavy atom. The molecule has 0 saturated carbocycles. The number of amides is 2. The van der Waals surface area contributed by atoms with Crippen LogP contribution in [0.25, 0.3) is 0 Å². The van der Waals surface area contributed by atoms with Gasteiger partial charge in [-0.3, -0.25) is 0 Å². The molecule has 0 unspecified atom stereocenters. The van der Waals surface area contributed by atoms with Gasteiger partial charge in [-0.25, -0.2) is 9.78 Å². The lowest BCUT2D eigenvalue weighted by Crippen LogP contribution is -2.41. The smallest absolute Gasteiger partial charge is 0.317 e. The molecule has 0 spiro atoms. The van der Waals surface area contributed by atoms with E-state index in [0.717, 1.165) is 43.3 Å². The molecule has 0 bridgehead atoms. The molecule has 5 nitrogen and oxygen atoms in total. The molecule has 6 heteroatoms. The average molecular weight is 268 g/mol. The maximum atomic E-state index is 12.0. The molecule has 0 atom stereocenters. The van der Waals surface area contributed by atoms with Gasteiger partial charge in [0.1, 0.15) is 5.01 Å². The van der Waals surface area contributed by atoms with E-state index < -0.39 is 0 Å². The molecule has 1 fully saturated rings. The first-order valence-electron chi connectivity index (χ1n) is 6.27. The van der Waals surface area contributed by atoms with E-state index in [9.17, 15) is 4.79 Å². The second kappa shape index (κ2) is 6.15. The number of thiazole rings is 1. The second-order valence-corrected chi connectivity index (χ2v) is 5.63. The van der Waals surface area contributed by atoms with E-state index >= 15 is 0 Å². The number of nitrogens with zero attached hydrogens (tertiary/aromatic N) is 3. The van der Waals surface area contributed by atoms with Crippen LogP contribution in [0.15, 0.2) is 5.38 Å². The molecule has 1 aliphatic rings. The van der Waals surface area contributed by atoms with Crippen molar-refractivity contribution in [3.05, 3.63) is 16.1 Å². The van der Waals surface area contributed by atoms with Gasteiger partial charge in [0.15, 0.2) is 0 Å². The summed E-state index contributed by atoms with van der Waals surface area (Å²) in [6.45, 7) is 6.15. The van der Waals surface area contributed by atoms with E-state index in [2.05, 4.69) is 22.2 Å². The van der Waals surface area contributed by atoms with Crippen LogP contribution >= 0.6 is 11.3 Å². The highest BCUT2D eigenvalue weighted by Crippen LogP contribution is 2.08. The van der Waals surface area contributed by atoms with Crippen molar-refractivity contribution in [2.24, 2.45) is 0 Å². The van der Waals surface area contributed by atoms with Crippen LogP contribution < -0.4 is 5.32 Å². The Hall–Kier alpha value is -1.14. The van der Waals surface area contributed by atoms with Crippen LogP contribution in [-0.4, -0.2) is 54.0 Å². The Labute approximate surface area is 112 Å². The summed E-state index contributed by atoms with van der Waals surface area (Å²) in [6, 6.07) is 0.0261. The topological polar surface area (TPSA) is 48.5 Å². The summed E-state index contributed by atoms with van der Waals surface area (Å²) in [6.07, 6.45) is 1.04. The average Bonchev–Trinajstić information content (AvgIpc) is 2.63. The zero-order chi connectivity index (χ0) is 13.0. The minimum absolute atomic E-state index is 0.0261. The van der Waals surface area contributed by atoms with Crippen LogP contribution in [-0.2, 0) is 6.54 Å². The predicted molar refractivity (Wildman–Crippen MR) is 72.8 cm³/mol. The lowest BCUT2D eigenvalue weighted by Gasteiger charge is -2.20. The van der Waals surface area contributed by atoms with Crippen molar-refractivity contribution in [1.29, 1.82) is 0 Å². The molecule has 0 aromatic carbocycles. The Morgan fingerprint density at radius 1 is 1.44 bits per heavy atom. The van der Waals surface area contributed by atoms with Crippen molar-refractivity contribution in [1.82, 2.24) is 20.1 Å². The monoisotopic (exact) mass is 268 g/mol. The van der Waals surface area contributed by atoms with Crippen LogP contribution in [0.5, 0.6) is 0 Å². The van der Waals surface area contributed by atoms with Gasteiger partial charge < -0.3 is 15.1 Å². The van der Waals surface area contributed by atoms with Gasteiger partial charge in [0.2, 0.25) is 0 Å². The fourth-order valence-electron chi connectivity index (χ4n) is 2.00. The number of carbonyl (C=O) groups excluding carboxylic acids is 1. The van der Waals surface area contributed by atoms with Gasteiger partial charge in [-0.15, -0.1) is 11.3 Å². The number of aromatic nitrogens is 1. The van der Waals surface area contributed by atoms with Crippen molar-refractivity contribution in [3.63, 3.8) is 0 Å². The molecule has 0 radical (unpaired) electrons. The number of hydrogen-bond donors (Lipinski definition) is 1. The van der Waals surface area contributed by atoms with Gasteiger partial charge in [-0.1, -0.05) is 0 Å². The number of likely N-dealkylation sites (N-methyl/N-ethyl adjacent to an activating group) is 1. The molecule has 2 amide bonds. The number of urea groups is 1. The molecular formula is C12H20N4OS. The molecule has 18 heavy (non-hydrogen) atoms. The number of nitrogens with one attached hydrogen (secondary N) is 1. The Kier molecular flexibility index (Phi) is 4.54. The van der Waals surface area contributed by atoms with Crippen LogP contribution in [0.1, 0.15) is 17.1 Å². The first kappa shape index (κ1) is 13.3. The summed E-state index contributed by atoms with van der Waals surface area (Å²) in [5.41, 5.74) is 1.01. The quantitative estimate of drug-likeness (QED) is 0.879. The van der Waals surface area contributed by atoms with Crippen molar-refractivity contribution in [2.75, 3.05) is 33.2 Å². The van der Waals surface area contributed by atoms with Crippen LogP contribution in [0, 0.1) is 6.92 Å². The van der Waals surface area contributed by atoms with E-state index in [1.54, 1.807) is 11.3 Å². The molecule has 1 saturated heterocycles. The van der Waals surface area contributed by atoms with Crippen molar-refractivity contribution in [3.8, 4) is 0 Å². The molecule has 1 aromatic rings. The second-order valence-electron chi connectivity index (χ2n) is 4.69. The summed E-state index contributed by atoms with van der Waals surface area (Å²) in [5.74, 6) is 0. The van der Waals surface area contributed by atoms with Gasteiger partial charge >= 0.3 is 6.03 Å². The van der Waals surface area contributed by atoms with E-state index in [1.165, 1.54) is 0 Å². The first-order chi connectivity index (χ1) is 8.65. The SMILES string of the molecule is Cc1csc(CNC(=O)N2CCCN(C)CC2)n1. The lowest BCUT2D eigenvalue weighted by atomic mass is 10.4. The highest BCUT2D eigenvalue weighted by Gasteiger charge is 2.17. The summed E-state index contributed by atoms with van der Waals surface area (Å²) in [7, 11) is 2.10. The van der Waals surface area contributed by atoms with Crippen molar-refractivity contribution in [2.45, 2.75) is 19.9 Å². The fraction of sp³-hybridized carbons (Fsp3) is 0.667. The zero-order valence-electron chi connectivity index (χ0n) is 11.0. The standard InChI is InChI=1S/C12H20N4OS/c1-10-9-18-11(14-10)8-13-12(17)16-5-3-4-15(2)6-7-16/h9H,3-8H2,1-2H3,(H,13,17). The van der Waals surface area contributed by atoms with Gasteiger partial charge in [0, 0.05) is 30.7 Å². The maximum absolute atomic E-state index is 12.0. The summed E-state index contributed by atoms with van der Waals surface area (Å²) in [5, 5.41) is 5.91. The highest BCUT2D eigenvalue weighted by atomic mass is 32.1. The van der Waals surface area contributed by atoms with Gasteiger partial charge in [0.05, 0.1) is 6.54 Å². The van der Waals surface area contributed by atoms with Gasteiger partial charge in [-0.2, -0.15) is 0 Å². The first-order valence-corrected chi connectivity index (χ1v) is 7.15. The molecule has 0 aliphatic carbocycles. The molecule has 2 heterocycles. The summed E-state index contributed by atoms with van der Waals surface area (Å²) in [4.78, 5) is 20.5. The number of hydrogen-bond acceptors (Lipinski definition) is 4. The van der Waals surface area contributed by atoms with Crippen LogP contribution in [0.4, 0.5) is 4.79 Å². The maximum Gasteiger partial charge on any atom is 0.317 e. The van der Waals surface area contributed by atoms with Gasteiger partial charge in [-0.05, 0) is 26.9 Å². The Morgan fingerprint density at radius 2 is 2.28 bits per heavy atom.